The van der Waals surface area contributed by atoms with Crippen LogP contribution in [-0.2, 0) is 11.3 Å². The standard InChI is InChI=1S/C22H22N4O4S/c1-4-14(10-18(27)28)26-21(29)20-16(6-5-7-23-20)25(22(26)30)11-15-19-13(3)8-12(2)9-17(19)31-24-15/h5-9,14H,4,10-11H2,1-3H3,(H,27,28)/t14-/m1/s1. The topological polar surface area (TPSA) is 107 Å². The maximum Gasteiger partial charge on any atom is 0.332 e. The van der Waals surface area contributed by atoms with Crippen LogP contribution in [0.2, 0.25) is 0 Å². The van der Waals surface area contributed by atoms with Gasteiger partial charge in [-0.25, -0.2) is 9.78 Å². The third kappa shape index (κ3) is 3.65. The van der Waals surface area contributed by atoms with E-state index in [1.54, 1.807) is 19.1 Å². The number of fused-ring (bicyclic) bond motifs is 2. The Bertz CT molecular complexity index is 1430. The molecule has 3 aromatic heterocycles. The molecule has 0 aliphatic carbocycles. The number of hydrogen-bond acceptors (Lipinski definition) is 6. The number of benzene rings is 1. The van der Waals surface area contributed by atoms with E-state index in [1.807, 2.05) is 13.8 Å². The van der Waals surface area contributed by atoms with Gasteiger partial charge in [0.2, 0.25) is 0 Å². The molecule has 0 aliphatic heterocycles. The van der Waals surface area contributed by atoms with Crippen molar-refractivity contribution in [3.05, 3.63) is 68.1 Å². The molecule has 0 amide bonds. The van der Waals surface area contributed by atoms with E-state index in [1.165, 1.54) is 22.3 Å². The summed E-state index contributed by atoms with van der Waals surface area (Å²) in [5, 5.41) is 10.3. The average molecular weight is 439 g/mol. The molecule has 8 nitrogen and oxygen atoms in total. The van der Waals surface area contributed by atoms with Crippen molar-refractivity contribution in [1.82, 2.24) is 18.5 Å². The van der Waals surface area contributed by atoms with Crippen molar-refractivity contribution in [3.8, 4) is 0 Å². The maximum atomic E-state index is 13.5. The van der Waals surface area contributed by atoms with Crippen LogP contribution >= 0.6 is 11.5 Å². The molecular weight excluding hydrogens is 416 g/mol. The van der Waals surface area contributed by atoms with Gasteiger partial charge in [-0.15, -0.1) is 0 Å². The summed E-state index contributed by atoms with van der Waals surface area (Å²) < 4.78 is 8.13. The van der Waals surface area contributed by atoms with Crippen LogP contribution in [-0.4, -0.2) is 29.6 Å². The number of pyridine rings is 1. The van der Waals surface area contributed by atoms with Gasteiger partial charge in [-0.05, 0) is 61.1 Å². The van der Waals surface area contributed by atoms with Crippen LogP contribution in [0.15, 0.2) is 40.1 Å². The van der Waals surface area contributed by atoms with Gasteiger partial charge in [0, 0.05) is 11.6 Å². The second-order valence-electron chi connectivity index (χ2n) is 7.66. The number of aromatic nitrogens is 4. The molecule has 1 N–H and O–H groups in total. The summed E-state index contributed by atoms with van der Waals surface area (Å²) in [6, 6.07) is 6.73. The van der Waals surface area contributed by atoms with Crippen molar-refractivity contribution in [2.24, 2.45) is 0 Å². The van der Waals surface area contributed by atoms with Gasteiger partial charge >= 0.3 is 11.7 Å². The molecule has 0 radical (unpaired) electrons. The van der Waals surface area contributed by atoms with E-state index in [0.29, 0.717) is 11.9 Å². The highest BCUT2D eigenvalue weighted by molar-refractivity contribution is 7.13. The molecule has 1 aromatic carbocycles. The van der Waals surface area contributed by atoms with Crippen LogP contribution in [0, 0.1) is 13.8 Å². The third-order valence-corrected chi connectivity index (χ3v) is 6.31. The molecule has 3 heterocycles. The van der Waals surface area contributed by atoms with Gasteiger partial charge < -0.3 is 5.11 Å². The highest BCUT2D eigenvalue weighted by Crippen LogP contribution is 2.28. The highest BCUT2D eigenvalue weighted by Gasteiger charge is 2.23. The molecule has 9 heteroatoms. The number of rotatable bonds is 6. The van der Waals surface area contributed by atoms with Crippen molar-refractivity contribution in [3.63, 3.8) is 0 Å². The van der Waals surface area contributed by atoms with Crippen LogP contribution in [0.25, 0.3) is 21.1 Å². The number of carboxylic acids is 1. The highest BCUT2D eigenvalue weighted by atomic mass is 32.1. The number of hydrogen-bond donors (Lipinski definition) is 1. The largest absolute Gasteiger partial charge is 0.481 e. The molecule has 4 rings (SSSR count). The molecule has 0 spiro atoms. The zero-order valence-electron chi connectivity index (χ0n) is 17.5. The van der Waals surface area contributed by atoms with E-state index in [4.69, 9.17) is 0 Å². The Morgan fingerprint density at radius 1 is 1.26 bits per heavy atom. The minimum absolute atomic E-state index is 0.137. The molecule has 0 unspecified atom stereocenters. The number of carboxylic acid groups (broad SMARTS) is 1. The number of nitrogens with zero attached hydrogens (tertiary/aromatic N) is 4. The molecular formula is C22H22N4O4S. The molecule has 0 saturated heterocycles. The van der Waals surface area contributed by atoms with Gasteiger partial charge in [0.15, 0.2) is 5.52 Å². The van der Waals surface area contributed by atoms with Crippen molar-refractivity contribution in [2.45, 2.75) is 46.2 Å². The predicted molar refractivity (Wildman–Crippen MR) is 120 cm³/mol. The maximum absolute atomic E-state index is 13.5. The Balaban J connectivity index is 1.97. The fraction of sp³-hybridized carbons (Fsp3) is 0.318. The summed E-state index contributed by atoms with van der Waals surface area (Å²) in [7, 11) is 0. The van der Waals surface area contributed by atoms with Crippen molar-refractivity contribution in [1.29, 1.82) is 0 Å². The molecule has 1 atom stereocenters. The van der Waals surface area contributed by atoms with E-state index in [2.05, 4.69) is 21.5 Å². The van der Waals surface area contributed by atoms with E-state index >= 15 is 0 Å². The second kappa shape index (κ2) is 8.07. The fourth-order valence-corrected chi connectivity index (χ4v) is 5.05. The zero-order valence-corrected chi connectivity index (χ0v) is 18.3. The lowest BCUT2D eigenvalue weighted by molar-refractivity contribution is -0.138. The van der Waals surface area contributed by atoms with Crippen LogP contribution in [0.3, 0.4) is 0 Å². The summed E-state index contributed by atoms with van der Waals surface area (Å²) in [6.45, 7) is 5.95. The van der Waals surface area contributed by atoms with Gasteiger partial charge in [-0.3, -0.25) is 18.7 Å². The predicted octanol–water partition coefficient (Wildman–Crippen LogP) is 3.26. The van der Waals surface area contributed by atoms with Gasteiger partial charge in [-0.1, -0.05) is 13.0 Å². The van der Waals surface area contributed by atoms with Gasteiger partial charge in [-0.2, -0.15) is 4.37 Å². The molecule has 0 bridgehead atoms. The normalized spacial score (nSPS) is 12.5. The summed E-state index contributed by atoms with van der Waals surface area (Å²) in [5.41, 5.74) is 2.37. The Kier molecular flexibility index (Phi) is 5.45. The first-order valence-electron chi connectivity index (χ1n) is 9.99. The first kappa shape index (κ1) is 20.9. The third-order valence-electron chi connectivity index (χ3n) is 5.48. The Hall–Kier alpha value is -3.33. The Morgan fingerprint density at radius 2 is 2.03 bits per heavy atom. The van der Waals surface area contributed by atoms with E-state index in [0.717, 1.165) is 31.5 Å². The lowest BCUT2D eigenvalue weighted by Gasteiger charge is -2.19. The van der Waals surface area contributed by atoms with E-state index in [9.17, 15) is 19.5 Å². The number of carbonyl (C=O) groups is 1. The number of aliphatic carboxylic acids is 1. The lowest BCUT2D eigenvalue weighted by atomic mass is 10.1. The van der Waals surface area contributed by atoms with Gasteiger partial charge in [0.05, 0.1) is 34.9 Å². The van der Waals surface area contributed by atoms with Gasteiger partial charge in [0.1, 0.15) is 0 Å². The van der Waals surface area contributed by atoms with Crippen molar-refractivity contribution >= 4 is 38.6 Å². The molecule has 0 saturated carbocycles. The van der Waals surface area contributed by atoms with Gasteiger partial charge in [0.25, 0.3) is 5.56 Å². The monoisotopic (exact) mass is 438 g/mol. The first-order chi connectivity index (χ1) is 14.8. The first-order valence-corrected chi connectivity index (χ1v) is 10.8. The van der Waals surface area contributed by atoms with E-state index < -0.39 is 23.3 Å². The SMILES string of the molecule is CC[C@H](CC(=O)O)n1c(=O)c2ncccc2n(Cc2nsc3cc(C)cc(C)c23)c1=O. The summed E-state index contributed by atoms with van der Waals surface area (Å²) in [6.07, 6.45) is 1.51. The smallest absolute Gasteiger partial charge is 0.332 e. The Labute approximate surface area is 181 Å². The molecule has 0 aliphatic rings. The molecule has 4 aromatic rings. The second-order valence-corrected chi connectivity index (χ2v) is 8.46. The van der Waals surface area contributed by atoms with Crippen LogP contribution in [0.4, 0.5) is 0 Å². The molecule has 160 valence electrons. The van der Waals surface area contributed by atoms with Crippen LogP contribution < -0.4 is 11.2 Å². The fourth-order valence-electron chi connectivity index (χ4n) is 4.09. The minimum atomic E-state index is -1.07. The molecule has 31 heavy (non-hydrogen) atoms. The number of aryl methyl sites for hydroxylation is 2. The summed E-state index contributed by atoms with van der Waals surface area (Å²) in [4.78, 5) is 42.1. The summed E-state index contributed by atoms with van der Waals surface area (Å²) in [5.74, 6) is -1.07. The average Bonchev–Trinajstić information content (AvgIpc) is 3.12. The Morgan fingerprint density at radius 3 is 2.74 bits per heavy atom. The molecule has 0 fully saturated rings. The lowest BCUT2D eigenvalue weighted by Crippen LogP contribution is -2.43. The van der Waals surface area contributed by atoms with Crippen molar-refractivity contribution in [2.75, 3.05) is 0 Å². The quantitative estimate of drug-likeness (QED) is 0.495. The summed E-state index contributed by atoms with van der Waals surface area (Å²) >= 11 is 1.37. The van der Waals surface area contributed by atoms with Crippen molar-refractivity contribution < 1.29 is 9.90 Å². The minimum Gasteiger partial charge on any atom is -0.481 e. The van der Waals surface area contributed by atoms with Crippen LogP contribution in [0.1, 0.15) is 42.6 Å². The van der Waals surface area contributed by atoms with Crippen LogP contribution in [0.5, 0.6) is 0 Å². The van der Waals surface area contributed by atoms with E-state index in [-0.39, 0.29) is 18.5 Å². The zero-order chi connectivity index (χ0) is 22.3.